The van der Waals surface area contributed by atoms with Crippen LogP contribution in [0.5, 0.6) is 0 Å². The zero-order chi connectivity index (χ0) is 17.0. The van der Waals surface area contributed by atoms with Crippen LogP contribution in [0, 0.1) is 0 Å². The second kappa shape index (κ2) is 7.37. The fourth-order valence-corrected chi connectivity index (χ4v) is 3.98. The van der Waals surface area contributed by atoms with Gasteiger partial charge in [0.25, 0.3) is 0 Å². The molecule has 1 heterocycles. The van der Waals surface area contributed by atoms with Gasteiger partial charge in [-0.05, 0) is 24.6 Å². The van der Waals surface area contributed by atoms with Crippen molar-refractivity contribution in [2.75, 3.05) is 20.0 Å². The van der Waals surface area contributed by atoms with E-state index in [1.807, 2.05) is 11.5 Å². The Balaban J connectivity index is 2.62. The lowest BCUT2D eigenvalue weighted by Gasteiger charge is -2.04. The number of hydrogen-bond donors (Lipinski definition) is 0. The molecule has 0 spiro atoms. The van der Waals surface area contributed by atoms with E-state index < -0.39 is 9.84 Å². The first-order chi connectivity index (χ1) is 10.9. The normalized spacial score (nSPS) is 12.9. The number of rotatable bonds is 6. The van der Waals surface area contributed by atoms with Crippen LogP contribution >= 0.6 is 11.3 Å². The monoisotopic (exact) mass is 356 g/mol. The van der Waals surface area contributed by atoms with E-state index in [1.165, 1.54) is 17.6 Å². The Morgan fingerprint density at radius 1 is 1.39 bits per heavy atom. The summed E-state index contributed by atoms with van der Waals surface area (Å²) in [6, 6.07) is 4.95. The van der Waals surface area contributed by atoms with E-state index in [1.54, 1.807) is 25.3 Å². The Morgan fingerprint density at radius 3 is 2.74 bits per heavy atom. The molecule has 23 heavy (non-hydrogen) atoms. The summed E-state index contributed by atoms with van der Waals surface area (Å²) < 4.78 is 31.2. The number of nitrogens with zero attached hydrogens (tertiary/aromatic N) is 2. The molecule has 0 bridgehead atoms. The summed E-state index contributed by atoms with van der Waals surface area (Å²) in [5.41, 5.74) is 0.850. The van der Waals surface area contributed by atoms with Crippen molar-refractivity contribution >= 4 is 37.3 Å². The van der Waals surface area contributed by atoms with Gasteiger partial charge in [0.2, 0.25) is 5.91 Å². The molecule has 0 aliphatic heterocycles. The Labute approximate surface area is 139 Å². The number of methoxy groups -OCH3 is 1. The predicted molar refractivity (Wildman–Crippen MR) is 90.3 cm³/mol. The molecule has 0 N–H and O–H groups in total. The molecule has 2 rings (SSSR count). The number of amides is 1. The minimum atomic E-state index is -3.27. The van der Waals surface area contributed by atoms with Crippen molar-refractivity contribution in [3.63, 3.8) is 0 Å². The second-order valence-corrected chi connectivity index (χ2v) is 8.21. The summed E-state index contributed by atoms with van der Waals surface area (Å²) in [6.45, 7) is 2.96. The van der Waals surface area contributed by atoms with E-state index in [4.69, 9.17) is 4.74 Å². The molecule has 0 aliphatic carbocycles. The lowest BCUT2D eigenvalue weighted by molar-refractivity contribution is -0.118. The van der Waals surface area contributed by atoms with Crippen LogP contribution in [0.1, 0.15) is 19.8 Å². The van der Waals surface area contributed by atoms with Gasteiger partial charge in [-0.1, -0.05) is 18.3 Å². The van der Waals surface area contributed by atoms with E-state index in [0.717, 1.165) is 16.6 Å². The number of hydrogen-bond acceptors (Lipinski definition) is 5. The van der Waals surface area contributed by atoms with E-state index in [-0.39, 0.29) is 10.8 Å². The molecule has 0 radical (unpaired) electrons. The van der Waals surface area contributed by atoms with Crippen LogP contribution in [-0.2, 0) is 25.9 Å². The maximum Gasteiger partial charge on any atom is 0.248 e. The summed E-state index contributed by atoms with van der Waals surface area (Å²) in [7, 11) is -1.66. The number of fused-ring (bicyclic) bond motifs is 1. The number of benzene rings is 1. The van der Waals surface area contributed by atoms with Gasteiger partial charge in [0, 0.05) is 26.3 Å². The summed E-state index contributed by atoms with van der Waals surface area (Å²) in [5.74, 6) is -0.173. The third kappa shape index (κ3) is 4.27. The van der Waals surface area contributed by atoms with Gasteiger partial charge in [-0.25, -0.2) is 8.42 Å². The van der Waals surface area contributed by atoms with Gasteiger partial charge in [-0.3, -0.25) is 4.79 Å². The van der Waals surface area contributed by atoms with Gasteiger partial charge < -0.3 is 9.30 Å². The first-order valence-corrected chi connectivity index (χ1v) is 9.97. The Bertz CT molecular complexity index is 879. The highest BCUT2D eigenvalue weighted by atomic mass is 32.2. The van der Waals surface area contributed by atoms with E-state index in [0.29, 0.717) is 24.4 Å². The van der Waals surface area contributed by atoms with Crippen LogP contribution in [0.2, 0.25) is 0 Å². The molecule has 8 heteroatoms. The Kier molecular flexibility index (Phi) is 5.72. The molecule has 0 saturated carbocycles. The van der Waals surface area contributed by atoms with Crippen LogP contribution in [0.4, 0.5) is 0 Å². The van der Waals surface area contributed by atoms with Gasteiger partial charge >= 0.3 is 0 Å². The van der Waals surface area contributed by atoms with Crippen LogP contribution < -0.4 is 4.80 Å². The average molecular weight is 356 g/mol. The van der Waals surface area contributed by atoms with Crippen molar-refractivity contribution in [1.82, 2.24) is 4.57 Å². The zero-order valence-corrected chi connectivity index (χ0v) is 15.0. The van der Waals surface area contributed by atoms with E-state index in [9.17, 15) is 13.2 Å². The molecule has 0 saturated heterocycles. The first kappa shape index (κ1) is 17.8. The quantitative estimate of drug-likeness (QED) is 0.793. The molecule has 0 atom stereocenters. The summed E-state index contributed by atoms with van der Waals surface area (Å²) in [6.07, 6.45) is 2.31. The molecular formula is C15H20N2O4S2. The van der Waals surface area contributed by atoms with Gasteiger partial charge in [0.05, 0.1) is 21.7 Å². The third-order valence-corrected chi connectivity index (χ3v) is 5.44. The number of ether oxygens (including phenoxy) is 1. The number of carbonyl (C=O) groups is 1. The molecule has 1 aromatic heterocycles. The van der Waals surface area contributed by atoms with Crippen LogP contribution in [0.15, 0.2) is 28.1 Å². The minimum absolute atomic E-state index is 0.173. The molecule has 0 fully saturated rings. The standard InChI is InChI=1S/C15H20N2O4S2/c1-4-5-14(18)16-15-17(8-9-21-2)12-7-6-11(23(3,19)20)10-13(12)22-15/h6-7,10H,4-5,8-9H2,1-3H3. The van der Waals surface area contributed by atoms with Crippen molar-refractivity contribution in [2.45, 2.75) is 31.2 Å². The molecule has 126 valence electrons. The van der Waals surface area contributed by atoms with Crippen LogP contribution in [0.3, 0.4) is 0 Å². The molecule has 1 aromatic carbocycles. The number of sulfone groups is 1. The van der Waals surface area contributed by atoms with E-state index >= 15 is 0 Å². The highest BCUT2D eigenvalue weighted by molar-refractivity contribution is 7.90. The molecule has 2 aromatic rings. The van der Waals surface area contributed by atoms with Crippen molar-refractivity contribution in [1.29, 1.82) is 0 Å². The van der Waals surface area contributed by atoms with Gasteiger partial charge in [-0.15, -0.1) is 0 Å². The summed E-state index contributed by atoms with van der Waals surface area (Å²) in [4.78, 5) is 16.8. The maximum atomic E-state index is 11.8. The van der Waals surface area contributed by atoms with Crippen molar-refractivity contribution in [3.8, 4) is 0 Å². The number of thiazole rings is 1. The van der Waals surface area contributed by atoms with Gasteiger partial charge in [-0.2, -0.15) is 4.99 Å². The Morgan fingerprint density at radius 2 is 2.13 bits per heavy atom. The zero-order valence-electron chi connectivity index (χ0n) is 13.4. The number of carbonyl (C=O) groups excluding carboxylic acids is 1. The second-order valence-electron chi connectivity index (χ2n) is 5.19. The molecule has 1 amide bonds. The maximum absolute atomic E-state index is 11.8. The molecular weight excluding hydrogens is 336 g/mol. The first-order valence-electron chi connectivity index (χ1n) is 7.26. The Hall–Kier alpha value is -1.51. The SMILES string of the molecule is CCCC(=O)N=c1sc2cc(S(C)(=O)=O)ccc2n1CCOC. The highest BCUT2D eigenvalue weighted by Gasteiger charge is 2.12. The lowest BCUT2D eigenvalue weighted by Crippen LogP contribution is -2.19. The smallest absolute Gasteiger partial charge is 0.248 e. The topological polar surface area (TPSA) is 77.7 Å². The van der Waals surface area contributed by atoms with Gasteiger partial charge in [0.1, 0.15) is 0 Å². The van der Waals surface area contributed by atoms with Crippen LogP contribution in [0.25, 0.3) is 10.2 Å². The summed E-state index contributed by atoms with van der Waals surface area (Å²) >= 11 is 1.31. The fourth-order valence-electron chi connectivity index (χ4n) is 2.14. The summed E-state index contributed by atoms with van der Waals surface area (Å²) in [5, 5.41) is 0. The largest absolute Gasteiger partial charge is 0.383 e. The highest BCUT2D eigenvalue weighted by Crippen LogP contribution is 2.22. The van der Waals surface area contributed by atoms with Crippen molar-refractivity contribution < 1.29 is 17.9 Å². The third-order valence-electron chi connectivity index (χ3n) is 3.29. The fraction of sp³-hybridized carbons (Fsp3) is 0.467. The molecule has 0 aliphatic rings. The lowest BCUT2D eigenvalue weighted by atomic mass is 10.3. The molecule has 6 nitrogen and oxygen atoms in total. The number of aromatic nitrogens is 1. The predicted octanol–water partition coefficient (Wildman–Crippen LogP) is 1.98. The van der Waals surface area contributed by atoms with Gasteiger partial charge in [0.15, 0.2) is 14.6 Å². The van der Waals surface area contributed by atoms with E-state index in [2.05, 4.69) is 4.99 Å². The minimum Gasteiger partial charge on any atom is -0.383 e. The average Bonchev–Trinajstić information content (AvgIpc) is 2.80. The van der Waals surface area contributed by atoms with Crippen molar-refractivity contribution in [2.24, 2.45) is 4.99 Å². The van der Waals surface area contributed by atoms with Crippen LogP contribution in [-0.4, -0.2) is 38.9 Å². The van der Waals surface area contributed by atoms with Crippen molar-refractivity contribution in [3.05, 3.63) is 23.0 Å². The molecule has 0 unspecified atom stereocenters.